The summed E-state index contributed by atoms with van der Waals surface area (Å²) >= 11 is 0. The molecule has 0 bridgehead atoms. The molecular formula is C12H21N7. The van der Waals surface area contributed by atoms with Gasteiger partial charge in [-0.25, -0.2) is 9.67 Å². The normalized spacial score (nSPS) is 24.6. The smallest absolute Gasteiger partial charge is 0.233 e. The molecule has 2 rings (SSSR count). The summed E-state index contributed by atoms with van der Waals surface area (Å²) in [4.78, 5) is 6.66. The summed E-state index contributed by atoms with van der Waals surface area (Å²) < 4.78 is 1.76. The maximum atomic E-state index is 5.91. The summed E-state index contributed by atoms with van der Waals surface area (Å²) in [5, 5.41) is 7.51. The number of hydrogen-bond donors (Lipinski definition) is 3. The van der Waals surface area contributed by atoms with Crippen molar-refractivity contribution >= 4 is 5.84 Å². The molecule has 0 spiro atoms. The number of hydrogen-bond acceptors (Lipinski definition) is 6. The molecule has 5 N–H and O–H groups in total. The molecule has 7 heteroatoms. The van der Waals surface area contributed by atoms with E-state index in [1.807, 2.05) is 26.4 Å². The van der Waals surface area contributed by atoms with E-state index in [-0.39, 0.29) is 5.92 Å². The second-order valence-corrected chi connectivity index (χ2v) is 5.10. The van der Waals surface area contributed by atoms with Crippen LogP contribution in [0.15, 0.2) is 35.3 Å². The third-order valence-corrected chi connectivity index (χ3v) is 3.11. The van der Waals surface area contributed by atoms with E-state index in [1.54, 1.807) is 17.0 Å². The molecule has 0 fully saturated rings. The standard InChI is InChI=1S/C12H21N7/c1-9(8-18(2)3)12(19-6-4-5-15-19)16-10(13)7-11(14)17-12/h4-7,9,16H,8,13H2,1-3H3,(H2,14,17). The van der Waals surface area contributed by atoms with Crippen LogP contribution in [-0.4, -0.2) is 41.2 Å². The maximum Gasteiger partial charge on any atom is 0.233 e. The molecule has 0 amide bonds. The Morgan fingerprint density at radius 1 is 1.47 bits per heavy atom. The highest BCUT2D eigenvalue weighted by atomic mass is 15.5. The molecular weight excluding hydrogens is 242 g/mol. The van der Waals surface area contributed by atoms with E-state index in [9.17, 15) is 0 Å². The molecule has 1 aliphatic rings. The topological polar surface area (TPSA) is 97.5 Å². The molecule has 0 radical (unpaired) electrons. The predicted molar refractivity (Wildman–Crippen MR) is 74.9 cm³/mol. The zero-order valence-electron chi connectivity index (χ0n) is 11.5. The Labute approximate surface area is 113 Å². The van der Waals surface area contributed by atoms with Crippen molar-refractivity contribution in [1.82, 2.24) is 20.0 Å². The van der Waals surface area contributed by atoms with Crippen LogP contribution in [0.25, 0.3) is 0 Å². The van der Waals surface area contributed by atoms with Gasteiger partial charge in [0, 0.05) is 30.9 Å². The average Bonchev–Trinajstić information content (AvgIpc) is 2.79. The third kappa shape index (κ3) is 2.55. The Morgan fingerprint density at radius 2 is 2.21 bits per heavy atom. The summed E-state index contributed by atoms with van der Waals surface area (Å²) in [6.07, 6.45) is 5.19. The molecule has 0 saturated heterocycles. The Balaban J connectivity index is 2.43. The van der Waals surface area contributed by atoms with Gasteiger partial charge in [0.1, 0.15) is 11.7 Å². The minimum atomic E-state index is -0.781. The van der Waals surface area contributed by atoms with Gasteiger partial charge in [0.15, 0.2) is 0 Å². The first kappa shape index (κ1) is 13.4. The SMILES string of the molecule is CC(CN(C)C)C1(n2cccn2)N=C(N)C=C(N)N1. The van der Waals surface area contributed by atoms with Crippen LogP contribution in [0.4, 0.5) is 0 Å². The predicted octanol–water partition coefficient (Wildman–Crippen LogP) is -0.548. The summed E-state index contributed by atoms with van der Waals surface area (Å²) in [6.45, 7) is 2.90. The van der Waals surface area contributed by atoms with Gasteiger partial charge in [-0.05, 0) is 20.2 Å². The first-order chi connectivity index (χ1) is 8.94. The van der Waals surface area contributed by atoms with Gasteiger partial charge < -0.3 is 21.7 Å². The minimum Gasteiger partial charge on any atom is -0.385 e. The van der Waals surface area contributed by atoms with Gasteiger partial charge in [-0.15, -0.1) is 0 Å². The van der Waals surface area contributed by atoms with Crippen molar-refractivity contribution in [2.45, 2.75) is 12.7 Å². The van der Waals surface area contributed by atoms with Gasteiger partial charge in [-0.1, -0.05) is 6.92 Å². The highest BCUT2D eigenvalue weighted by Crippen LogP contribution is 2.28. The van der Waals surface area contributed by atoms with Crippen LogP contribution in [0.5, 0.6) is 0 Å². The fraction of sp³-hybridized carbons (Fsp3) is 0.500. The van der Waals surface area contributed by atoms with Crippen LogP contribution in [0, 0.1) is 5.92 Å². The zero-order chi connectivity index (χ0) is 14.0. The lowest BCUT2D eigenvalue weighted by Gasteiger charge is -2.40. The number of aromatic nitrogens is 2. The number of rotatable bonds is 4. The number of nitrogens with zero attached hydrogens (tertiary/aromatic N) is 4. The van der Waals surface area contributed by atoms with Crippen molar-refractivity contribution < 1.29 is 0 Å². The Kier molecular flexibility index (Phi) is 3.48. The molecule has 1 aromatic rings. The van der Waals surface area contributed by atoms with E-state index in [0.29, 0.717) is 11.7 Å². The molecule has 19 heavy (non-hydrogen) atoms. The van der Waals surface area contributed by atoms with Crippen LogP contribution < -0.4 is 16.8 Å². The molecule has 1 aromatic heterocycles. The molecule has 2 atom stereocenters. The van der Waals surface area contributed by atoms with Crippen LogP contribution in [-0.2, 0) is 5.79 Å². The van der Waals surface area contributed by atoms with E-state index in [2.05, 4.69) is 27.2 Å². The number of nitrogens with one attached hydrogen (secondary N) is 1. The van der Waals surface area contributed by atoms with Crippen molar-refractivity contribution in [3.05, 3.63) is 30.4 Å². The fourth-order valence-electron chi connectivity index (χ4n) is 2.38. The monoisotopic (exact) mass is 263 g/mol. The third-order valence-electron chi connectivity index (χ3n) is 3.11. The first-order valence-electron chi connectivity index (χ1n) is 6.19. The van der Waals surface area contributed by atoms with Crippen LogP contribution in [0.2, 0.25) is 0 Å². The lowest BCUT2D eigenvalue weighted by atomic mass is 10.0. The van der Waals surface area contributed by atoms with Crippen LogP contribution in [0.1, 0.15) is 6.92 Å². The van der Waals surface area contributed by atoms with Crippen molar-refractivity contribution in [2.24, 2.45) is 22.4 Å². The molecule has 0 saturated carbocycles. The number of aliphatic imine (C=N–C) groups is 1. The largest absolute Gasteiger partial charge is 0.385 e. The quantitative estimate of drug-likeness (QED) is 0.677. The highest BCUT2D eigenvalue weighted by molar-refractivity contribution is 5.92. The maximum absolute atomic E-state index is 5.91. The number of amidine groups is 1. The van der Waals surface area contributed by atoms with Gasteiger partial charge in [0.05, 0.1) is 0 Å². The molecule has 0 aromatic carbocycles. The lowest BCUT2D eigenvalue weighted by molar-refractivity contribution is 0.107. The molecule has 7 nitrogen and oxygen atoms in total. The van der Waals surface area contributed by atoms with Crippen molar-refractivity contribution in [1.29, 1.82) is 0 Å². The Hall–Kier alpha value is -2.02. The van der Waals surface area contributed by atoms with Gasteiger partial charge in [0.2, 0.25) is 5.79 Å². The van der Waals surface area contributed by atoms with Gasteiger partial charge >= 0.3 is 0 Å². The fourth-order valence-corrected chi connectivity index (χ4v) is 2.38. The van der Waals surface area contributed by atoms with Gasteiger partial charge in [0.25, 0.3) is 0 Å². The molecule has 2 unspecified atom stereocenters. The molecule has 0 aliphatic carbocycles. The van der Waals surface area contributed by atoms with Crippen LogP contribution >= 0.6 is 0 Å². The summed E-state index contributed by atoms with van der Waals surface area (Å²) in [6, 6.07) is 1.85. The van der Waals surface area contributed by atoms with Crippen LogP contribution in [0.3, 0.4) is 0 Å². The molecule has 2 heterocycles. The summed E-state index contributed by atoms with van der Waals surface area (Å²) in [7, 11) is 4.03. The van der Waals surface area contributed by atoms with Crippen molar-refractivity contribution in [3.63, 3.8) is 0 Å². The van der Waals surface area contributed by atoms with E-state index < -0.39 is 5.79 Å². The second kappa shape index (κ2) is 4.93. The lowest BCUT2D eigenvalue weighted by Crippen LogP contribution is -2.57. The second-order valence-electron chi connectivity index (χ2n) is 5.10. The summed E-state index contributed by atoms with van der Waals surface area (Å²) in [5.74, 6) is 0.232. The van der Waals surface area contributed by atoms with Gasteiger partial charge in [-0.2, -0.15) is 5.10 Å². The van der Waals surface area contributed by atoms with Crippen molar-refractivity contribution in [3.8, 4) is 0 Å². The van der Waals surface area contributed by atoms with E-state index in [0.717, 1.165) is 6.54 Å². The Morgan fingerprint density at radius 3 is 2.74 bits per heavy atom. The summed E-state index contributed by atoms with van der Waals surface area (Å²) in [5.41, 5.74) is 11.8. The first-order valence-corrected chi connectivity index (χ1v) is 6.19. The number of nitrogens with two attached hydrogens (primary N) is 2. The van der Waals surface area contributed by atoms with E-state index >= 15 is 0 Å². The minimum absolute atomic E-state index is 0.119. The van der Waals surface area contributed by atoms with E-state index in [1.165, 1.54) is 0 Å². The average molecular weight is 263 g/mol. The molecule has 1 aliphatic heterocycles. The van der Waals surface area contributed by atoms with Gasteiger partial charge in [-0.3, -0.25) is 0 Å². The van der Waals surface area contributed by atoms with Crippen molar-refractivity contribution in [2.75, 3.05) is 20.6 Å². The molecule has 104 valence electrons. The van der Waals surface area contributed by atoms with E-state index in [4.69, 9.17) is 11.5 Å². The highest BCUT2D eigenvalue weighted by Gasteiger charge is 2.40. The Bertz CT molecular complexity index is 488. The zero-order valence-corrected chi connectivity index (χ0v) is 11.5.